The number of Topliss-reactive ketones (excluding diaryl/α,β-unsaturated/α-hetero) is 1. The predicted octanol–water partition coefficient (Wildman–Crippen LogP) is 3.39. The summed E-state index contributed by atoms with van der Waals surface area (Å²) in [6.07, 6.45) is 6.18. The highest BCUT2D eigenvalue weighted by molar-refractivity contribution is 7.80. The van der Waals surface area contributed by atoms with Crippen LogP contribution >= 0.6 is 0 Å². The molecule has 0 aromatic carbocycles. The van der Waals surface area contributed by atoms with Crippen LogP contribution < -0.4 is 0 Å². The van der Waals surface area contributed by atoms with Crippen LogP contribution in [-0.4, -0.2) is 36.1 Å². The number of aliphatic hydroxyl groups excluding tert-OH is 1. The third kappa shape index (κ3) is 3.17. The second-order valence-corrected chi connectivity index (χ2v) is 11.6. The van der Waals surface area contributed by atoms with Crippen molar-refractivity contribution in [3.63, 3.8) is 0 Å². The first-order valence-corrected chi connectivity index (χ1v) is 12.2. The van der Waals surface area contributed by atoms with E-state index in [1.165, 1.54) is 0 Å². The molecule has 0 aliphatic heterocycles. The zero-order valence-electron chi connectivity index (χ0n) is 17.1. The van der Waals surface area contributed by atoms with Crippen molar-refractivity contribution in [1.29, 1.82) is 0 Å². The van der Waals surface area contributed by atoms with Crippen LogP contribution in [0, 0.1) is 40.4 Å². The zero-order chi connectivity index (χ0) is 20.5. The average Bonchev–Trinajstić information content (AvgIpc) is 2.84. The number of carbonyl (C=O) groups is 1. The molecule has 4 rings (SSSR count). The summed E-state index contributed by atoms with van der Waals surface area (Å²) < 4.78 is 36.2. The molecule has 0 heterocycles. The Bertz CT molecular complexity index is 750. The van der Waals surface area contributed by atoms with Crippen LogP contribution in [0.1, 0.15) is 72.1 Å². The Labute approximate surface area is 168 Å². The maximum absolute atomic E-state index is 12.3. The Balaban J connectivity index is 1.55. The average molecular weight is 415 g/mol. The molecule has 0 spiro atoms. The van der Waals surface area contributed by atoms with Gasteiger partial charge in [-0.15, -0.1) is 0 Å². The van der Waals surface area contributed by atoms with Crippen molar-refractivity contribution < 1.29 is 27.1 Å². The molecule has 160 valence electrons. The van der Waals surface area contributed by atoms with E-state index < -0.39 is 22.6 Å². The van der Waals surface area contributed by atoms with Crippen LogP contribution in [0.2, 0.25) is 0 Å². The fourth-order valence-corrected chi connectivity index (χ4v) is 8.75. The molecule has 28 heavy (non-hydrogen) atoms. The van der Waals surface area contributed by atoms with Gasteiger partial charge < -0.3 is 5.11 Å². The molecule has 0 unspecified atom stereocenters. The molecule has 0 amide bonds. The van der Waals surface area contributed by atoms with E-state index in [1.807, 2.05) is 0 Å². The maximum Gasteiger partial charge on any atom is 0.397 e. The summed E-state index contributed by atoms with van der Waals surface area (Å²) in [5.74, 6) is 1.75. The largest absolute Gasteiger partial charge is 0.397 e. The topological polar surface area (TPSA) is 101 Å². The van der Waals surface area contributed by atoms with Gasteiger partial charge in [-0.1, -0.05) is 13.8 Å². The summed E-state index contributed by atoms with van der Waals surface area (Å²) in [6, 6.07) is 0. The van der Waals surface area contributed by atoms with E-state index >= 15 is 0 Å². The van der Waals surface area contributed by atoms with E-state index in [4.69, 9.17) is 8.74 Å². The second-order valence-electron chi connectivity index (χ2n) is 10.5. The highest BCUT2D eigenvalue weighted by atomic mass is 32.3. The van der Waals surface area contributed by atoms with E-state index in [0.717, 1.165) is 38.5 Å². The van der Waals surface area contributed by atoms with Gasteiger partial charge in [-0.2, -0.15) is 8.42 Å². The Morgan fingerprint density at radius 3 is 2.32 bits per heavy atom. The van der Waals surface area contributed by atoms with Crippen LogP contribution in [0.25, 0.3) is 0 Å². The van der Waals surface area contributed by atoms with Gasteiger partial charge in [0.2, 0.25) is 0 Å². The predicted molar refractivity (Wildman–Crippen MR) is 104 cm³/mol. The van der Waals surface area contributed by atoms with Crippen molar-refractivity contribution in [2.24, 2.45) is 40.4 Å². The normalized spacial score (nSPS) is 51.1. The van der Waals surface area contributed by atoms with E-state index in [-0.39, 0.29) is 22.5 Å². The van der Waals surface area contributed by atoms with Crippen molar-refractivity contribution in [2.45, 2.75) is 84.3 Å². The highest BCUT2D eigenvalue weighted by Crippen LogP contribution is 2.67. The molecule has 4 fully saturated rings. The molecule has 7 heteroatoms. The summed E-state index contributed by atoms with van der Waals surface area (Å²) in [4.78, 5) is 12.3. The Morgan fingerprint density at radius 1 is 1.00 bits per heavy atom. The first-order valence-electron chi connectivity index (χ1n) is 10.8. The van der Waals surface area contributed by atoms with E-state index in [1.54, 1.807) is 6.92 Å². The molecule has 0 aromatic heterocycles. The molecular weight excluding hydrogens is 380 g/mol. The van der Waals surface area contributed by atoms with Crippen molar-refractivity contribution in [3.05, 3.63) is 0 Å². The molecule has 6 nitrogen and oxygen atoms in total. The lowest BCUT2D eigenvalue weighted by atomic mass is 9.44. The number of ketones is 1. The fraction of sp³-hybridized carbons (Fsp3) is 0.952. The van der Waals surface area contributed by atoms with Gasteiger partial charge >= 0.3 is 10.4 Å². The highest BCUT2D eigenvalue weighted by Gasteiger charge is 2.63. The molecule has 9 atom stereocenters. The monoisotopic (exact) mass is 414 g/mol. The first-order chi connectivity index (χ1) is 13.0. The lowest BCUT2D eigenvalue weighted by Gasteiger charge is -2.60. The van der Waals surface area contributed by atoms with Crippen molar-refractivity contribution in [3.8, 4) is 0 Å². The summed E-state index contributed by atoms with van der Waals surface area (Å²) in [5.41, 5.74) is 0.0451. The molecule has 4 aliphatic rings. The van der Waals surface area contributed by atoms with E-state index in [2.05, 4.69) is 13.8 Å². The van der Waals surface area contributed by atoms with Crippen LogP contribution in [-0.2, 0) is 19.4 Å². The molecular formula is C21H34O6S. The number of rotatable bonds is 3. The Kier molecular flexibility index (Phi) is 5.01. The molecule has 2 N–H and O–H groups in total. The number of carbonyl (C=O) groups excluding carboxylic acids is 1. The van der Waals surface area contributed by atoms with Gasteiger partial charge in [-0.25, -0.2) is 4.18 Å². The summed E-state index contributed by atoms with van der Waals surface area (Å²) in [7, 11) is -4.40. The van der Waals surface area contributed by atoms with Gasteiger partial charge in [-0.3, -0.25) is 9.35 Å². The number of fused-ring (bicyclic) bond motifs is 5. The molecule has 0 bridgehead atoms. The van der Waals surface area contributed by atoms with Gasteiger partial charge in [-0.05, 0) is 92.8 Å². The molecule has 0 aromatic rings. The number of hydrogen-bond acceptors (Lipinski definition) is 5. The lowest BCUT2D eigenvalue weighted by molar-refractivity contribution is -0.139. The minimum absolute atomic E-state index is 0.0963. The van der Waals surface area contributed by atoms with Crippen LogP contribution in [0.3, 0.4) is 0 Å². The van der Waals surface area contributed by atoms with E-state index in [0.29, 0.717) is 36.5 Å². The van der Waals surface area contributed by atoms with E-state index in [9.17, 15) is 18.3 Å². The third-order valence-electron chi connectivity index (χ3n) is 9.34. The smallest absolute Gasteiger partial charge is 0.392 e. The number of hydrogen-bond donors (Lipinski definition) is 2. The summed E-state index contributed by atoms with van der Waals surface area (Å²) >= 11 is 0. The van der Waals surface area contributed by atoms with Gasteiger partial charge in [0.05, 0.1) is 12.2 Å². The second kappa shape index (κ2) is 6.76. The van der Waals surface area contributed by atoms with Crippen LogP contribution in [0.15, 0.2) is 0 Å². The summed E-state index contributed by atoms with van der Waals surface area (Å²) in [6.45, 7) is 6.21. The summed E-state index contributed by atoms with van der Waals surface area (Å²) in [5, 5.41) is 10.7. The standard InChI is InChI=1S/C21H34O6S/c1-12(22)19-18(23)11-17-15-5-4-13-10-14(27-28(24,25)26)6-8-20(13,2)16(15)7-9-21(17,19)3/h13-19,23H,4-11H2,1-3H3,(H,24,25,26)/t13-,14-,15+,16-,17-,18+,19-,20-,21-/m0/s1. The first kappa shape index (κ1) is 20.8. The van der Waals surface area contributed by atoms with Crippen molar-refractivity contribution in [1.82, 2.24) is 0 Å². The van der Waals surface area contributed by atoms with Crippen LogP contribution in [0.4, 0.5) is 0 Å². The lowest BCUT2D eigenvalue weighted by Crippen LogP contribution is -2.54. The minimum atomic E-state index is -4.40. The van der Waals surface area contributed by atoms with Crippen LogP contribution in [0.5, 0.6) is 0 Å². The molecule has 4 saturated carbocycles. The quantitative estimate of drug-likeness (QED) is 0.687. The molecule has 0 saturated heterocycles. The van der Waals surface area contributed by atoms with Gasteiger partial charge in [0.25, 0.3) is 0 Å². The van der Waals surface area contributed by atoms with Gasteiger partial charge in [0.1, 0.15) is 5.78 Å². The Hall–Kier alpha value is -0.500. The zero-order valence-corrected chi connectivity index (χ0v) is 18.0. The fourth-order valence-electron chi connectivity index (χ4n) is 8.23. The molecule has 4 aliphatic carbocycles. The van der Waals surface area contributed by atoms with Crippen molar-refractivity contribution >= 4 is 16.2 Å². The molecule has 0 radical (unpaired) electrons. The van der Waals surface area contributed by atoms with Gasteiger partial charge in [0, 0.05) is 5.92 Å². The Morgan fingerprint density at radius 2 is 1.68 bits per heavy atom. The number of aliphatic hydroxyl groups is 1. The minimum Gasteiger partial charge on any atom is -0.392 e. The maximum atomic E-state index is 12.3. The SMILES string of the molecule is CC(=O)[C@H]1[C@H](O)C[C@H]2[C@@H]3CC[C@H]4C[C@@H](OS(=O)(=O)O)CC[C@]4(C)[C@H]3CC[C@@]21C. The third-order valence-corrected chi connectivity index (χ3v) is 9.86. The van der Waals surface area contributed by atoms with Gasteiger partial charge in [0.15, 0.2) is 0 Å². The van der Waals surface area contributed by atoms with Crippen molar-refractivity contribution in [2.75, 3.05) is 0 Å².